The zero-order chi connectivity index (χ0) is 16.1. The molecule has 0 bridgehead atoms. The molecule has 1 aromatic rings. The standard InChI is InChI=1S/C16H24FN5O/c17-12-9-5-6-10-13(12)19-15-14(20-22-21-15)16(23)18-11-7-3-1-2-4-8-11/h5-6,9-11,14-15,19-22H,1-4,7-8H2,(H,18,23). The maximum atomic E-state index is 13.8. The number of halogens is 1. The highest BCUT2D eigenvalue weighted by Gasteiger charge is 2.34. The predicted molar refractivity (Wildman–Crippen MR) is 86.6 cm³/mol. The van der Waals surface area contributed by atoms with E-state index in [9.17, 15) is 9.18 Å². The van der Waals surface area contributed by atoms with Crippen LogP contribution in [0, 0.1) is 5.82 Å². The van der Waals surface area contributed by atoms with E-state index in [2.05, 4.69) is 27.0 Å². The average molecular weight is 321 g/mol. The van der Waals surface area contributed by atoms with E-state index in [1.165, 1.54) is 18.9 Å². The molecular formula is C16H24FN5O. The van der Waals surface area contributed by atoms with E-state index in [0.717, 1.165) is 25.7 Å². The Hall–Kier alpha value is -1.70. The van der Waals surface area contributed by atoms with Gasteiger partial charge in [-0.2, -0.15) is 5.53 Å². The lowest BCUT2D eigenvalue weighted by atomic mass is 10.1. The molecule has 1 saturated carbocycles. The van der Waals surface area contributed by atoms with Gasteiger partial charge in [0.25, 0.3) is 0 Å². The van der Waals surface area contributed by atoms with Crippen molar-refractivity contribution in [1.82, 2.24) is 21.7 Å². The second-order valence-corrected chi connectivity index (χ2v) is 6.19. The van der Waals surface area contributed by atoms with Crippen molar-refractivity contribution in [3.63, 3.8) is 0 Å². The van der Waals surface area contributed by atoms with Crippen LogP contribution < -0.4 is 27.0 Å². The number of hydrazine groups is 2. The largest absolute Gasteiger partial charge is 0.365 e. The molecule has 1 aromatic carbocycles. The molecule has 0 spiro atoms. The molecule has 2 unspecified atom stereocenters. The second kappa shape index (κ2) is 7.72. The van der Waals surface area contributed by atoms with E-state index in [1.54, 1.807) is 18.2 Å². The molecule has 0 radical (unpaired) electrons. The summed E-state index contributed by atoms with van der Waals surface area (Å²) in [6, 6.07) is 6.14. The Morgan fingerprint density at radius 2 is 1.83 bits per heavy atom. The van der Waals surface area contributed by atoms with Crippen LogP contribution >= 0.6 is 0 Å². The minimum absolute atomic E-state index is 0.0803. The molecule has 6 nitrogen and oxygen atoms in total. The Labute approximate surface area is 135 Å². The molecule has 126 valence electrons. The third kappa shape index (κ3) is 4.19. The molecule has 7 heteroatoms. The number of para-hydroxylation sites is 1. The Kier molecular flexibility index (Phi) is 5.43. The fourth-order valence-corrected chi connectivity index (χ4v) is 3.16. The lowest BCUT2D eigenvalue weighted by Crippen LogP contribution is -2.52. The number of carbonyl (C=O) groups excluding carboxylic acids is 1. The van der Waals surface area contributed by atoms with Crippen molar-refractivity contribution in [2.24, 2.45) is 0 Å². The maximum absolute atomic E-state index is 13.8. The van der Waals surface area contributed by atoms with Gasteiger partial charge in [0.05, 0.1) is 5.69 Å². The van der Waals surface area contributed by atoms with Crippen LogP contribution in [0.3, 0.4) is 0 Å². The normalized spacial score (nSPS) is 25.8. The van der Waals surface area contributed by atoms with E-state index < -0.39 is 12.2 Å². The van der Waals surface area contributed by atoms with Gasteiger partial charge in [0, 0.05) is 6.04 Å². The van der Waals surface area contributed by atoms with Gasteiger partial charge >= 0.3 is 0 Å². The highest BCUT2D eigenvalue weighted by atomic mass is 19.1. The number of benzene rings is 1. The summed E-state index contributed by atoms with van der Waals surface area (Å²) in [5, 5.41) is 6.13. The van der Waals surface area contributed by atoms with Gasteiger partial charge in [0.15, 0.2) is 0 Å². The van der Waals surface area contributed by atoms with Gasteiger partial charge in [-0.3, -0.25) is 4.79 Å². The van der Waals surface area contributed by atoms with E-state index in [0.29, 0.717) is 5.69 Å². The smallest absolute Gasteiger partial charge is 0.242 e. The first-order valence-corrected chi connectivity index (χ1v) is 8.31. The van der Waals surface area contributed by atoms with Crippen LogP contribution in [0.4, 0.5) is 10.1 Å². The van der Waals surface area contributed by atoms with Gasteiger partial charge in [-0.25, -0.2) is 15.2 Å². The van der Waals surface area contributed by atoms with Gasteiger partial charge in [-0.05, 0) is 25.0 Å². The maximum Gasteiger partial charge on any atom is 0.242 e. The van der Waals surface area contributed by atoms with Crippen molar-refractivity contribution in [3.8, 4) is 0 Å². The third-order valence-corrected chi connectivity index (χ3v) is 4.46. The number of hydrogen-bond donors (Lipinski definition) is 5. The van der Waals surface area contributed by atoms with Gasteiger partial charge in [-0.1, -0.05) is 37.8 Å². The molecule has 0 aromatic heterocycles. The Bertz CT molecular complexity index is 533. The second-order valence-electron chi connectivity index (χ2n) is 6.19. The van der Waals surface area contributed by atoms with Gasteiger partial charge in [-0.15, -0.1) is 0 Å². The predicted octanol–water partition coefficient (Wildman–Crippen LogP) is 1.38. The van der Waals surface area contributed by atoms with Crippen molar-refractivity contribution >= 4 is 11.6 Å². The summed E-state index contributed by atoms with van der Waals surface area (Å²) in [4.78, 5) is 12.5. The molecule has 1 aliphatic carbocycles. The number of hydrogen-bond acceptors (Lipinski definition) is 5. The van der Waals surface area contributed by atoms with Gasteiger partial charge in [0.2, 0.25) is 5.91 Å². The summed E-state index contributed by atoms with van der Waals surface area (Å²) in [6.45, 7) is 0. The minimum Gasteiger partial charge on any atom is -0.365 e. The fraction of sp³-hybridized carbons (Fsp3) is 0.562. The molecule has 5 N–H and O–H groups in total. The summed E-state index contributed by atoms with van der Waals surface area (Å²) >= 11 is 0. The summed E-state index contributed by atoms with van der Waals surface area (Å²) in [5.41, 5.74) is 8.92. The zero-order valence-corrected chi connectivity index (χ0v) is 13.1. The number of carbonyl (C=O) groups is 1. The first-order chi connectivity index (χ1) is 11.2. The van der Waals surface area contributed by atoms with Crippen LogP contribution in [0.25, 0.3) is 0 Å². The zero-order valence-electron chi connectivity index (χ0n) is 13.1. The molecule has 2 atom stereocenters. The van der Waals surface area contributed by atoms with Crippen LogP contribution in [-0.4, -0.2) is 24.2 Å². The highest BCUT2D eigenvalue weighted by molar-refractivity contribution is 5.83. The first-order valence-electron chi connectivity index (χ1n) is 8.31. The van der Waals surface area contributed by atoms with E-state index >= 15 is 0 Å². The number of amides is 1. The van der Waals surface area contributed by atoms with Crippen LogP contribution in [0.2, 0.25) is 0 Å². The number of rotatable bonds is 4. The van der Waals surface area contributed by atoms with E-state index in [-0.39, 0.29) is 17.8 Å². The molecule has 1 heterocycles. The fourth-order valence-electron chi connectivity index (χ4n) is 3.16. The SMILES string of the molecule is O=C(NC1CCCCCC1)C1NNNC1Nc1ccccc1F. The van der Waals surface area contributed by atoms with E-state index in [4.69, 9.17) is 0 Å². The van der Waals surface area contributed by atoms with Gasteiger partial charge < -0.3 is 10.6 Å². The molecular weight excluding hydrogens is 297 g/mol. The van der Waals surface area contributed by atoms with Crippen molar-refractivity contribution < 1.29 is 9.18 Å². The van der Waals surface area contributed by atoms with Crippen molar-refractivity contribution in [2.75, 3.05) is 5.32 Å². The van der Waals surface area contributed by atoms with Crippen molar-refractivity contribution in [1.29, 1.82) is 0 Å². The summed E-state index contributed by atoms with van der Waals surface area (Å²) in [7, 11) is 0. The number of nitrogens with one attached hydrogen (secondary N) is 5. The molecule has 1 aliphatic heterocycles. The monoisotopic (exact) mass is 321 g/mol. The van der Waals surface area contributed by atoms with Crippen LogP contribution in [0.15, 0.2) is 24.3 Å². The minimum atomic E-state index is -0.516. The van der Waals surface area contributed by atoms with Crippen molar-refractivity contribution in [2.45, 2.75) is 56.8 Å². The molecule has 23 heavy (non-hydrogen) atoms. The van der Waals surface area contributed by atoms with Crippen molar-refractivity contribution in [3.05, 3.63) is 30.1 Å². The lowest BCUT2D eigenvalue weighted by Gasteiger charge is -2.23. The summed E-state index contributed by atoms with van der Waals surface area (Å²) < 4.78 is 13.8. The molecule has 3 rings (SSSR count). The molecule has 1 amide bonds. The van der Waals surface area contributed by atoms with Crippen LogP contribution in [0.1, 0.15) is 38.5 Å². The average Bonchev–Trinajstić information content (AvgIpc) is 2.86. The number of anilines is 1. The van der Waals surface area contributed by atoms with E-state index in [1.807, 2.05) is 0 Å². The Morgan fingerprint density at radius 1 is 1.09 bits per heavy atom. The summed E-state index contributed by atoms with van der Waals surface area (Å²) in [5.74, 6) is -0.424. The highest BCUT2D eigenvalue weighted by Crippen LogP contribution is 2.18. The topological polar surface area (TPSA) is 77.2 Å². The molecule has 2 fully saturated rings. The molecule has 2 aliphatic rings. The quantitative estimate of drug-likeness (QED) is 0.542. The van der Waals surface area contributed by atoms with Gasteiger partial charge in [0.1, 0.15) is 18.0 Å². The Balaban J connectivity index is 1.59. The summed E-state index contributed by atoms with van der Waals surface area (Å²) in [6.07, 6.45) is 6.45. The third-order valence-electron chi connectivity index (χ3n) is 4.46. The lowest BCUT2D eigenvalue weighted by molar-refractivity contribution is -0.123. The first kappa shape index (κ1) is 16.2. The van der Waals surface area contributed by atoms with Crippen LogP contribution in [-0.2, 0) is 4.79 Å². The van der Waals surface area contributed by atoms with Crippen LogP contribution in [0.5, 0.6) is 0 Å². The Morgan fingerprint density at radius 3 is 2.57 bits per heavy atom. The molecule has 1 saturated heterocycles.